The van der Waals surface area contributed by atoms with E-state index >= 15 is 0 Å². The fraction of sp³-hybridized carbons (Fsp3) is 0. The number of furan rings is 1. The molecule has 0 aliphatic carbocycles. The van der Waals surface area contributed by atoms with Crippen molar-refractivity contribution in [1.29, 1.82) is 0 Å². The van der Waals surface area contributed by atoms with Gasteiger partial charge in [-0.25, -0.2) is 0 Å². The third kappa shape index (κ3) is 5.74. The van der Waals surface area contributed by atoms with Gasteiger partial charge in [0.15, 0.2) is 0 Å². The van der Waals surface area contributed by atoms with Crippen molar-refractivity contribution in [2.24, 2.45) is 0 Å². The highest BCUT2D eigenvalue weighted by atomic mass is 16.3. The van der Waals surface area contributed by atoms with Gasteiger partial charge < -0.3 is 9.32 Å². The molecule has 11 rings (SSSR count). The molecule has 2 nitrogen and oxygen atoms in total. The van der Waals surface area contributed by atoms with Gasteiger partial charge in [-0.05, 0) is 97.4 Å². The van der Waals surface area contributed by atoms with Crippen molar-refractivity contribution in [1.82, 2.24) is 0 Å². The Balaban J connectivity index is 1.22. The fourth-order valence-electron chi connectivity index (χ4n) is 8.75. The molecule has 1 aromatic heterocycles. The van der Waals surface area contributed by atoms with Crippen LogP contribution in [0, 0.1) is 0 Å². The molecule has 272 valence electrons. The predicted octanol–water partition coefficient (Wildman–Crippen LogP) is 16.0. The predicted molar refractivity (Wildman–Crippen MR) is 245 cm³/mol. The molecule has 0 N–H and O–H groups in total. The molecule has 10 aromatic carbocycles. The van der Waals surface area contributed by atoms with Crippen molar-refractivity contribution in [2.75, 3.05) is 4.90 Å². The maximum Gasteiger partial charge on any atom is 0.143 e. The molecule has 0 spiro atoms. The van der Waals surface area contributed by atoms with E-state index in [0.717, 1.165) is 55.7 Å². The van der Waals surface area contributed by atoms with Gasteiger partial charge in [-0.15, -0.1) is 0 Å². The number of rotatable bonds is 7. The van der Waals surface area contributed by atoms with Crippen LogP contribution in [0.15, 0.2) is 229 Å². The molecule has 0 radical (unpaired) electrons. The van der Waals surface area contributed by atoms with E-state index in [2.05, 4.69) is 223 Å². The van der Waals surface area contributed by atoms with Crippen LogP contribution in [0.1, 0.15) is 0 Å². The minimum atomic E-state index is 0.876. The zero-order chi connectivity index (χ0) is 38.4. The van der Waals surface area contributed by atoms with E-state index in [0.29, 0.717) is 0 Å². The molecule has 0 amide bonds. The zero-order valence-corrected chi connectivity index (χ0v) is 31.7. The normalized spacial score (nSPS) is 11.4. The maximum atomic E-state index is 6.84. The summed E-state index contributed by atoms with van der Waals surface area (Å²) in [5.41, 5.74) is 14.1. The first kappa shape index (κ1) is 33.6. The number of para-hydroxylation sites is 2. The molecule has 0 unspecified atom stereocenters. The van der Waals surface area contributed by atoms with E-state index < -0.39 is 0 Å². The molecule has 0 saturated carbocycles. The van der Waals surface area contributed by atoms with Crippen LogP contribution in [0.3, 0.4) is 0 Å². The van der Waals surface area contributed by atoms with E-state index in [-0.39, 0.29) is 0 Å². The SMILES string of the molecule is c1ccc(-c2ccc(N(c3ccc(-c4ccccc4)cc3)c3cccc(-c4cc5ccccc5c5ccccc45)c3-c3cccc4c3oc3ccccc34)cc2)cc1. The summed E-state index contributed by atoms with van der Waals surface area (Å²) in [6, 6.07) is 80.7. The number of benzene rings is 10. The summed E-state index contributed by atoms with van der Waals surface area (Å²) in [6.45, 7) is 0. The number of anilines is 3. The van der Waals surface area contributed by atoms with Crippen molar-refractivity contribution in [3.8, 4) is 44.5 Å². The molecule has 0 aliphatic heterocycles. The van der Waals surface area contributed by atoms with Crippen LogP contribution in [0.5, 0.6) is 0 Å². The third-order valence-corrected chi connectivity index (χ3v) is 11.5. The molecule has 0 saturated heterocycles. The van der Waals surface area contributed by atoms with Gasteiger partial charge in [0.25, 0.3) is 0 Å². The topological polar surface area (TPSA) is 16.4 Å². The minimum Gasteiger partial charge on any atom is -0.455 e. The molecule has 0 atom stereocenters. The minimum absolute atomic E-state index is 0.876. The summed E-state index contributed by atoms with van der Waals surface area (Å²) in [4.78, 5) is 2.41. The Morgan fingerprint density at radius 3 is 1.48 bits per heavy atom. The summed E-state index contributed by atoms with van der Waals surface area (Å²) in [5, 5.41) is 7.11. The maximum absolute atomic E-state index is 6.84. The highest BCUT2D eigenvalue weighted by molar-refractivity contribution is 6.18. The average molecular weight is 740 g/mol. The highest BCUT2D eigenvalue weighted by Crippen LogP contribution is 2.50. The first-order valence-electron chi connectivity index (χ1n) is 19.8. The second-order valence-corrected chi connectivity index (χ2v) is 14.8. The van der Waals surface area contributed by atoms with Gasteiger partial charge in [0, 0.05) is 33.3 Å². The summed E-state index contributed by atoms with van der Waals surface area (Å²) >= 11 is 0. The summed E-state index contributed by atoms with van der Waals surface area (Å²) in [7, 11) is 0. The number of fused-ring (bicyclic) bond motifs is 6. The lowest BCUT2D eigenvalue weighted by atomic mass is 9.87. The largest absolute Gasteiger partial charge is 0.455 e. The van der Waals surface area contributed by atoms with Crippen molar-refractivity contribution in [3.63, 3.8) is 0 Å². The molecule has 58 heavy (non-hydrogen) atoms. The van der Waals surface area contributed by atoms with Crippen LogP contribution < -0.4 is 4.90 Å². The zero-order valence-electron chi connectivity index (χ0n) is 31.7. The lowest BCUT2D eigenvalue weighted by molar-refractivity contribution is 0.670. The van der Waals surface area contributed by atoms with Gasteiger partial charge >= 0.3 is 0 Å². The smallest absolute Gasteiger partial charge is 0.143 e. The molecule has 11 aromatic rings. The van der Waals surface area contributed by atoms with Crippen LogP contribution >= 0.6 is 0 Å². The lowest BCUT2D eigenvalue weighted by Crippen LogP contribution is -2.12. The van der Waals surface area contributed by atoms with E-state index in [4.69, 9.17) is 4.42 Å². The van der Waals surface area contributed by atoms with E-state index in [1.54, 1.807) is 0 Å². The number of nitrogens with zero attached hydrogens (tertiary/aromatic N) is 1. The monoisotopic (exact) mass is 739 g/mol. The van der Waals surface area contributed by atoms with Crippen molar-refractivity contribution in [2.45, 2.75) is 0 Å². The van der Waals surface area contributed by atoms with Gasteiger partial charge in [0.05, 0.1) is 5.69 Å². The summed E-state index contributed by atoms with van der Waals surface area (Å²) in [6.07, 6.45) is 0. The van der Waals surface area contributed by atoms with Crippen LogP contribution in [0.2, 0.25) is 0 Å². The molecular weight excluding hydrogens is 703 g/mol. The van der Waals surface area contributed by atoms with Gasteiger partial charge in [0.2, 0.25) is 0 Å². The van der Waals surface area contributed by atoms with Gasteiger partial charge in [-0.2, -0.15) is 0 Å². The fourth-order valence-corrected chi connectivity index (χ4v) is 8.75. The van der Waals surface area contributed by atoms with E-state index in [1.807, 2.05) is 6.07 Å². The quantitative estimate of drug-likeness (QED) is 0.151. The standard InChI is InChI=1S/C56H37NO/c1-3-15-38(16-4-1)40-29-33-43(34-30-40)57(44-35-31-41(32-36-44)39-17-5-2-6-18-39)53-27-14-24-49(52-37-42-19-7-8-20-45(42)46-21-9-10-22-47(46)52)55(53)51-26-13-25-50-48-23-11-12-28-54(48)58-56(50)51/h1-37H. The van der Waals surface area contributed by atoms with Gasteiger partial charge in [-0.3, -0.25) is 0 Å². The Kier molecular flexibility index (Phi) is 8.19. The first-order chi connectivity index (χ1) is 28.8. The van der Waals surface area contributed by atoms with Crippen molar-refractivity contribution < 1.29 is 4.42 Å². The molecule has 2 heteroatoms. The molecule has 1 heterocycles. The average Bonchev–Trinajstić information content (AvgIpc) is 3.69. The van der Waals surface area contributed by atoms with Crippen LogP contribution in [0.25, 0.3) is 88.0 Å². The summed E-state index contributed by atoms with van der Waals surface area (Å²) in [5.74, 6) is 0. The molecule has 0 bridgehead atoms. The Bertz CT molecular complexity index is 3170. The first-order valence-corrected chi connectivity index (χ1v) is 19.8. The summed E-state index contributed by atoms with van der Waals surface area (Å²) < 4.78 is 6.84. The van der Waals surface area contributed by atoms with Crippen LogP contribution in [0.4, 0.5) is 17.1 Å². The van der Waals surface area contributed by atoms with Crippen LogP contribution in [-0.2, 0) is 0 Å². The second-order valence-electron chi connectivity index (χ2n) is 14.8. The number of hydrogen-bond acceptors (Lipinski definition) is 2. The van der Waals surface area contributed by atoms with Gasteiger partial charge in [-0.1, -0.05) is 182 Å². The number of hydrogen-bond donors (Lipinski definition) is 0. The van der Waals surface area contributed by atoms with Crippen molar-refractivity contribution in [3.05, 3.63) is 224 Å². The Morgan fingerprint density at radius 1 is 0.310 bits per heavy atom. The second kappa shape index (κ2) is 14.1. The van der Waals surface area contributed by atoms with Gasteiger partial charge in [0.1, 0.15) is 11.2 Å². The Hall–Kier alpha value is -7.68. The van der Waals surface area contributed by atoms with E-state index in [1.165, 1.54) is 49.4 Å². The third-order valence-electron chi connectivity index (χ3n) is 11.5. The van der Waals surface area contributed by atoms with Crippen molar-refractivity contribution >= 4 is 60.5 Å². The van der Waals surface area contributed by atoms with Crippen LogP contribution in [-0.4, -0.2) is 0 Å². The molecule has 0 fully saturated rings. The molecule has 0 aliphatic rings. The highest BCUT2D eigenvalue weighted by Gasteiger charge is 2.25. The Morgan fingerprint density at radius 2 is 0.810 bits per heavy atom. The Labute approximate surface area is 337 Å². The van der Waals surface area contributed by atoms with E-state index in [9.17, 15) is 0 Å². The lowest BCUT2D eigenvalue weighted by Gasteiger charge is -2.30. The molecular formula is C56H37NO.